The van der Waals surface area contributed by atoms with Crippen molar-refractivity contribution in [3.63, 3.8) is 0 Å². The molecule has 1 amide bonds. The summed E-state index contributed by atoms with van der Waals surface area (Å²) in [5.74, 6) is -0.303. The minimum atomic E-state index is -0.738. The molecule has 5 nitrogen and oxygen atoms in total. The van der Waals surface area contributed by atoms with E-state index in [0.29, 0.717) is 11.2 Å². The summed E-state index contributed by atoms with van der Waals surface area (Å²) in [6, 6.07) is 9.00. The molecule has 2 aromatic rings. The third-order valence-corrected chi connectivity index (χ3v) is 3.84. The molecule has 104 valence electrons. The van der Waals surface area contributed by atoms with E-state index in [1.54, 1.807) is 6.07 Å². The van der Waals surface area contributed by atoms with Gasteiger partial charge in [-0.3, -0.25) is 4.79 Å². The molecule has 3 rings (SSSR count). The van der Waals surface area contributed by atoms with Gasteiger partial charge in [0.1, 0.15) is 5.69 Å². The molecule has 0 radical (unpaired) electrons. The van der Waals surface area contributed by atoms with Gasteiger partial charge in [-0.1, -0.05) is 18.2 Å². The van der Waals surface area contributed by atoms with Gasteiger partial charge < -0.3 is 16.2 Å². The van der Waals surface area contributed by atoms with E-state index >= 15 is 0 Å². The second-order valence-electron chi connectivity index (χ2n) is 5.37. The average Bonchev–Trinajstić information content (AvgIpc) is 2.42. The van der Waals surface area contributed by atoms with Crippen LogP contribution in [0.4, 0.5) is 5.69 Å². The summed E-state index contributed by atoms with van der Waals surface area (Å²) in [5, 5.41) is 13.5. The van der Waals surface area contributed by atoms with Gasteiger partial charge in [0.15, 0.2) is 0 Å². The SMILES string of the molecule is Nc1cc(C(=O)NCC2(O)CCC2)nc2ccccc12. The summed E-state index contributed by atoms with van der Waals surface area (Å²) in [7, 11) is 0. The summed E-state index contributed by atoms with van der Waals surface area (Å²) in [6.45, 7) is 0.264. The maximum absolute atomic E-state index is 12.1. The van der Waals surface area contributed by atoms with Crippen LogP contribution in [0.3, 0.4) is 0 Å². The number of nitrogens with two attached hydrogens (primary N) is 1. The van der Waals surface area contributed by atoms with Gasteiger partial charge in [0.25, 0.3) is 5.91 Å². The first-order valence-corrected chi connectivity index (χ1v) is 6.73. The Labute approximate surface area is 116 Å². The normalized spacial score (nSPS) is 16.6. The number of nitrogens with one attached hydrogen (secondary N) is 1. The fourth-order valence-electron chi connectivity index (χ4n) is 2.42. The molecule has 5 heteroatoms. The number of hydrogen-bond acceptors (Lipinski definition) is 4. The molecule has 1 aliphatic carbocycles. The maximum Gasteiger partial charge on any atom is 0.270 e. The number of aliphatic hydroxyl groups is 1. The first-order chi connectivity index (χ1) is 9.57. The van der Waals surface area contributed by atoms with Crippen LogP contribution in [0.15, 0.2) is 30.3 Å². The Hall–Kier alpha value is -2.14. The van der Waals surface area contributed by atoms with Crippen LogP contribution in [0.25, 0.3) is 10.9 Å². The van der Waals surface area contributed by atoms with Crippen molar-refractivity contribution in [3.05, 3.63) is 36.0 Å². The zero-order chi connectivity index (χ0) is 14.2. The highest BCUT2D eigenvalue weighted by Crippen LogP contribution is 2.30. The van der Waals surface area contributed by atoms with Crippen molar-refractivity contribution in [2.24, 2.45) is 0 Å². The van der Waals surface area contributed by atoms with E-state index in [-0.39, 0.29) is 18.1 Å². The van der Waals surface area contributed by atoms with Crippen molar-refractivity contribution in [2.45, 2.75) is 24.9 Å². The number of aromatic nitrogens is 1. The summed E-state index contributed by atoms with van der Waals surface area (Å²) < 4.78 is 0. The summed E-state index contributed by atoms with van der Waals surface area (Å²) in [6.07, 6.45) is 2.48. The molecular weight excluding hydrogens is 254 g/mol. The van der Waals surface area contributed by atoms with Crippen molar-refractivity contribution >= 4 is 22.5 Å². The van der Waals surface area contributed by atoms with E-state index < -0.39 is 5.60 Å². The van der Waals surface area contributed by atoms with Crippen LogP contribution in [0.2, 0.25) is 0 Å². The molecule has 1 aromatic heterocycles. The molecule has 20 heavy (non-hydrogen) atoms. The van der Waals surface area contributed by atoms with Crippen LogP contribution in [0, 0.1) is 0 Å². The van der Waals surface area contributed by atoms with Crippen molar-refractivity contribution in [1.82, 2.24) is 10.3 Å². The van der Waals surface area contributed by atoms with Gasteiger partial charge in [-0.2, -0.15) is 0 Å². The number of anilines is 1. The Kier molecular flexibility index (Phi) is 3.06. The topological polar surface area (TPSA) is 88.2 Å². The smallest absolute Gasteiger partial charge is 0.270 e. The van der Waals surface area contributed by atoms with Crippen LogP contribution in [-0.4, -0.2) is 28.1 Å². The van der Waals surface area contributed by atoms with Gasteiger partial charge in [0.05, 0.1) is 11.1 Å². The minimum absolute atomic E-state index is 0.264. The van der Waals surface area contributed by atoms with Gasteiger partial charge in [-0.15, -0.1) is 0 Å². The standard InChI is InChI=1S/C15H17N3O2/c16-11-8-13(18-12-5-2-1-4-10(11)12)14(19)17-9-15(20)6-3-7-15/h1-2,4-5,8,20H,3,6-7,9H2,(H2,16,18)(H,17,19). The van der Waals surface area contributed by atoms with E-state index in [0.717, 1.165) is 24.6 Å². The number of benzene rings is 1. The second-order valence-corrected chi connectivity index (χ2v) is 5.37. The predicted octanol–water partition coefficient (Wildman–Crippen LogP) is 1.46. The number of fused-ring (bicyclic) bond motifs is 1. The fourth-order valence-corrected chi connectivity index (χ4v) is 2.42. The molecule has 1 saturated carbocycles. The number of hydrogen-bond donors (Lipinski definition) is 3. The zero-order valence-electron chi connectivity index (χ0n) is 11.1. The molecular formula is C15H17N3O2. The van der Waals surface area contributed by atoms with Gasteiger partial charge in [0, 0.05) is 17.6 Å². The van der Waals surface area contributed by atoms with E-state index in [4.69, 9.17) is 5.73 Å². The highest BCUT2D eigenvalue weighted by Gasteiger charge is 2.34. The summed E-state index contributed by atoms with van der Waals surface area (Å²) in [4.78, 5) is 16.4. The Morgan fingerprint density at radius 3 is 2.85 bits per heavy atom. The molecule has 1 heterocycles. The van der Waals surface area contributed by atoms with Crippen molar-refractivity contribution in [3.8, 4) is 0 Å². The van der Waals surface area contributed by atoms with Crippen molar-refractivity contribution in [1.29, 1.82) is 0 Å². The van der Waals surface area contributed by atoms with E-state index in [1.165, 1.54) is 0 Å². The van der Waals surface area contributed by atoms with Gasteiger partial charge in [-0.05, 0) is 31.4 Å². The number of rotatable bonds is 3. The third-order valence-electron chi connectivity index (χ3n) is 3.84. The lowest BCUT2D eigenvalue weighted by molar-refractivity contribution is -0.0300. The number of nitrogens with zero attached hydrogens (tertiary/aromatic N) is 1. The van der Waals surface area contributed by atoms with Crippen LogP contribution in [0.5, 0.6) is 0 Å². The average molecular weight is 271 g/mol. The number of carbonyl (C=O) groups is 1. The monoisotopic (exact) mass is 271 g/mol. The van der Waals surface area contributed by atoms with Crippen LogP contribution < -0.4 is 11.1 Å². The highest BCUT2D eigenvalue weighted by molar-refractivity contribution is 5.99. The molecule has 0 bridgehead atoms. The van der Waals surface area contributed by atoms with E-state index in [1.807, 2.05) is 24.3 Å². The number of nitrogen functional groups attached to an aromatic ring is 1. The molecule has 1 fully saturated rings. The van der Waals surface area contributed by atoms with Gasteiger partial charge in [0.2, 0.25) is 0 Å². The third kappa shape index (κ3) is 2.32. The first kappa shape index (κ1) is 12.9. The first-order valence-electron chi connectivity index (χ1n) is 6.73. The molecule has 0 aliphatic heterocycles. The van der Waals surface area contributed by atoms with Crippen molar-refractivity contribution in [2.75, 3.05) is 12.3 Å². The lowest BCUT2D eigenvalue weighted by Gasteiger charge is -2.36. The number of amides is 1. The summed E-state index contributed by atoms with van der Waals surface area (Å²) in [5.41, 5.74) is 6.71. The number of carbonyl (C=O) groups excluding carboxylic acids is 1. The Balaban J connectivity index is 1.80. The fraction of sp³-hybridized carbons (Fsp3) is 0.333. The Morgan fingerprint density at radius 1 is 1.40 bits per heavy atom. The predicted molar refractivity (Wildman–Crippen MR) is 77.3 cm³/mol. The van der Waals surface area contributed by atoms with Crippen molar-refractivity contribution < 1.29 is 9.90 Å². The molecule has 0 spiro atoms. The molecule has 1 aliphatic rings. The Morgan fingerprint density at radius 2 is 2.15 bits per heavy atom. The highest BCUT2D eigenvalue weighted by atomic mass is 16.3. The lowest BCUT2D eigenvalue weighted by Crippen LogP contribution is -2.47. The van der Waals surface area contributed by atoms with Crippen LogP contribution in [-0.2, 0) is 0 Å². The maximum atomic E-state index is 12.1. The quantitative estimate of drug-likeness (QED) is 0.788. The van der Waals surface area contributed by atoms with E-state index in [9.17, 15) is 9.90 Å². The Bertz CT molecular complexity index is 665. The largest absolute Gasteiger partial charge is 0.398 e. The molecule has 0 atom stereocenters. The number of pyridine rings is 1. The van der Waals surface area contributed by atoms with Crippen LogP contribution in [0.1, 0.15) is 29.8 Å². The van der Waals surface area contributed by atoms with E-state index in [2.05, 4.69) is 10.3 Å². The molecule has 0 saturated heterocycles. The van der Waals surface area contributed by atoms with Crippen LogP contribution >= 0.6 is 0 Å². The minimum Gasteiger partial charge on any atom is -0.398 e. The lowest BCUT2D eigenvalue weighted by atomic mass is 9.80. The summed E-state index contributed by atoms with van der Waals surface area (Å²) >= 11 is 0. The molecule has 1 aromatic carbocycles. The zero-order valence-corrected chi connectivity index (χ0v) is 11.1. The molecule has 4 N–H and O–H groups in total. The second kappa shape index (κ2) is 4.76. The van der Waals surface area contributed by atoms with Gasteiger partial charge >= 0.3 is 0 Å². The molecule has 0 unspecified atom stereocenters. The van der Waals surface area contributed by atoms with Gasteiger partial charge in [-0.25, -0.2) is 4.98 Å². The number of para-hydroxylation sites is 1.